The van der Waals surface area contributed by atoms with Crippen molar-refractivity contribution in [2.75, 3.05) is 49.4 Å². The molecule has 5 rings (SSSR count). The monoisotopic (exact) mass is 503 g/mol. The van der Waals surface area contributed by atoms with Crippen LogP contribution in [0.4, 0.5) is 23.1 Å². The van der Waals surface area contributed by atoms with Crippen LogP contribution in [-0.2, 0) is 4.79 Å². The van der Waals surface area contributed by atoms with Crippen LogP contribution in [0.5, 0.6) is 5.75 Å². The van der Waals surface area contributed by atoms with Crippen LogP contribution in [0.25, 0.3) is 0 Å². The average Bonchev–Trinajstić information content (AvgIpc) is 2.95. The van der Waals surface area contributed by atoms with Crippen molar-refractivity contribution >= 4 is 35.0 Å². The molecule has 0 spiro atoms. The van der Waals surface area contributed by atoms with Gasteiger partial charge in [0, 0.05) is 50.7 Å². The summed E-state index contributed by atoms with van der Waals surface area (Å²) in [6.07, 6.45) is 10.8. The van der Waals surface area contributed by atoms with Gasteiger partial charge in [-0.25, -0.2) is 4.98 Å². The van der Waals surface area contributed by atoms with E-state index in [1.807, 2.05) is 37.2 Å². The zero-order valence-electron chi connectivity index (χ0n) is 21.7. The number of fused-ring (bicyclic) bond motifs is 1. The fourth-order valence-electron chi connectivity index (χ4n) is 4.73. The minimum atomic E-state index is -0.218. The van der Waals surface area contributed by atoms with Crippen LogP contribution >= 0.6 is 0 Å². The van der Waals surface area contributed by atoms with Crippen molar-refractivity contribution in [3.63, 3.8) is 0 Å². The number of hydrogen-bond donors (Lipinski definition) is 2. The number of anilines is 4. The van der Waals surface area contributed by atoms with E-state index in [4.69, 9.17) is 9.72 Å². The van der Waals surface area contributed by atoms with Crippen molar-refractivity contribution < 1.29 is 14.3 Å². The van der Waals surface area contributed by atoms with E-state index in [1.54, 1.807) is 43.5 Å². The minimum Gasteiger partial charge on any atom is -0.495 e. The number of nitrogens with zero attached hydrogens (tertiary/aromatic N) is 5. The van der Waals surface area contributed by atoms with Crippen LogP contribution in [0.2, 0.25) is 0 Å². The van der Waals surface area contributed by atoms with Gasteiger partial charge in [-0.05, 0) is 49.6 Å². The second kappa shape index (κ2) is 10.1. The van der Waals surface area contributed by atoms with Crippen LogP contribution < -0.4 is 25.2 Å². The lowest BCUT2D eigenvalue weighted by atomic mass is 9.91. The van der Waals surface area contributed by atoms with Gasteiger partial charge in [-0.2, -0.15) is 4.98 Å². The van der Waals surface area contributed by atoms with Gasteiger partial charge in [0.25, 0.3) is 5.91 Å². The SMILES string of the molecule is COc1cc(C(=O)NC2=CCN(C)C=C2)ccc1Nc1ncc2c(n1)N(C1CCC1)CC(C)C(=O)N2C. The highest BCUT2D eigenvalue weighted by Gasteiger charge is 2.36. The first-order valence-electron chi connectivity index (χ1n) is 12.6. The maximum Gasteiger partial charge on any atom is 0.255 e. The van der Waals surface area contributed by atoms with Gasteiger partial charge in [-0.15, -0.1) is 0 Å². The summed E-state index contributed by atoms with van der Waals surface area (Å²) in [5.74, 6) is 1.37. The van der Waals surface area contributed by atoms with Gasteiger partial charge in [0.05, 0.1) is 24.9 Å². The van der Waals surface area contributed by atoms with Gasteiger partial charge in [0.15, 0.2) is 5.82 Å². The lowest BCUT2D eigenvalue weighted by molar-refractivity contribution is -0.121. The third kappa shape index (κ3) is 4.96. The number of likely N-dealkylation sites (N-methyl/N-ethyl adjacent to an activating group) is 1. The third-order valence-corrected chi connectivity index (χ3v) is 7.20. The molecule has 1 aliphatic carbocycles. The smallest absolute Gasteiger partial charge is 0.255 e. The number of nitrogens with one attached hydrogen (secondary N) is 2. The molecule has 10 heteroatoms. The largest absolute Gasteiger partial charge is 0.495 e. The minimum absolute atomic E-state index is 0.0643. The summed E-state index contributed by atoms with van der Waals surface area (Å²) >= 11 is 0. The number of carbonyl (C=O) groups is 2. The maximum absolute atomic E-state index is 12.8. The number of methoxy groups -OCH3 is 1. The first kappa shape index (κ1) is 24.6. The molecule has 2 N–H and O–H groups in total. The number of carbonyl (C=O) groups excluding carboxylic acids is 2. The summed E-state index contributed by atoms with van der Waals surface area (Å²) < 4.78 is 5.58. The number of benzene rings is 1. The summed E-state index contributed by atoms with van der Waals surface area (Å²) in [7, 11) is 5.31. The summed E-state index contributed by atoms with van der Waals surface area (Å²) in [5.41, 5.74) is 2.59. The topological polar surface area (TPSA) is 103 Å². The van der Waals surface area contributed by atoms with Crippen LogP contribution in [0.1, 0.15) is 36.5 Å². The highest BCUT2D eigenvalue weighted by Crippen LogP contribution is 2.38. The first-order valence-corrected chi connectivity index (χ1v) is 12.6. The van der Waals surface area contributed by atoms with E-state index in [0.29, 0.717) is 41.2 Å². The molecule has 3 aliphatic rings. The number of rotatable bonds is 6. The number of ether oxygens (including phenoxy) is 1. The molecule has 1 atom stereocenters. The second-order valence-electron chi connectivity index (χ2n) is 9.85. The molecule has 1 saturated carbocycles. The summed E-state index contributed by atoms with van der Waals surface area (Å²) in [4.78, 5) is 40.9. The molecular weight excluding hydrogens is 470 g/mol. The highest BCUT2D eigenvalue weighted by molar-refractivity contribution is 5.99. The average molecular weight is 504 g/mol. The van der Waals surface area contributed by atoms with E-state index in [0.717, 1.165) is 30.9 Å². The first-order chi connectivity index (χ1) is 17.8. The standard InChI is InChI=1S/C27H33N7O3/c1-17-16-34(20-6-5-7-20)24-22(33(3)26(17)36)15-28-27(31-24)30-21-9-8-18(14-23(21)37-4)25(35)29-19-10-12-32(2)13-11-19/h8-12,14-15,17,20H,5-7,13,16H2,1-4H3,(H,29,35)(H,28,30,31). The van der Waals surface area contributed by atoms with E-state index in [1.165, 1.54) is 6.42 Å². The molecule has 3 heterocycles. The molecule has 1 fully saturated rings. The second-order valence-corrected chi connectivity index (χ2v) is 9.85. The molecule has 2 aliphatic heterocycles. The molecule has 10 nitrogen and oxygen atoms in total. The Kier molecular flexibility index (Phi) is 6.73. The Labute approximate surface area is 217 Å². The molecule has 1 aromatic carbocycles. The third-order valence-electron chi connectivity index (χ3n) is 7.20. The molecular formula is C27H33N7O3. The Hall–Kier alpha value is -4.08. The van der Waals surface area contributed by atoms with Crippen LogP contribution in [-0.4, -0.2) is 67.0 Å². The molecule has 0 bridgehead atoms. The van der Waals surface area contributed by atoms with E-state index in [-0.39, 0.29) is 17.7 Å². The van der Waals surface area contributed by atoms with Crippen molar-refractivity contribution in [3.05, 3.63) is 54.0 Å². The highest BCUT2D eigenvalue weighted by atomic mass is 16.5. The maximum atomic E-state index is 12.8. The Morgan fingerprint density at radius 1 is 1.22 bits per heavy atom. The number of hydrogen-bond acceptors (Lipinski definition) is 8. The predicted octanol–water partition coefficient (Wildman–Crippen LogP) is 3.27. The molecule has 37 heavy (non-hydrogen) atoms. The molecule has 1 unspecified atom stereocenters. The molecule has 194 valence electrons. The van der Waals surface area contributed by atoms with Gasteiger partial charge in [0.1, 0.15) is 11.4 Å². The Bertz CT molecular complexity index is 1270. The van der Waals surface area contributed by atoms with Gasteiger partial charge >= 0.3 is 0 Å². The summed E-state index contributed by atoms with van der Waals surface area (Å²) in [6, 6.07) is 5.58. The quantitative estimate of drug-likeness (QED) is 0.619. The number of aromatic nitrogens is 2. The van der Waals surface area contributed by atoms with E-state index in [2.05, 4.69) is 20.5 Å². The van der Waals surface area contributed by atoms with Crippen molar-refractivity contribution in [2.45, 2.75) is 32.2 Å². The Balaban J connectivity index is 1.38. The van der Waals surface area contributed by atoms with Crippen molar-refractivity contribution in [1.29, 1.82) is 0 Å². The van der Waals surface area contributed by atoms with Gasteiger partial charge in [-0.1, -0.05) is 6.92 Å². The van der Waals surface area contributed by atoms with Crippen molar-refractivity contribution in [2.24, 2.45) is 5.92 Å². The number of allylic oxidation sites excluding steroid dienone is 1. The van der Waals surface area contributed by atoms with Gasteiger partial charge in [-0.3, -0.25) is 9.59 Å². The van der Waals surface area contributed by atoms with Gasteiger partial charge in [0.2, 0.25) is 11.9 Å². The fourth-order valence-corrected chi connectivity index (χ4v) is 4.73. The van der Waals surface area contributed by atoms with Crippen molar-refractivity contribution in [1.82, 2.24) is 20.2 Å². The van der Waals surface area contributed by atoms with Crippen LogP contribution in [0.15, 0.2) is 48.4 Å². The summed E-state index contributed by atoms with van der Waals surface area (Å²) in [6.45, 7) is 3.33. The van der Waals surface area contributed by atoms with E-state index in [9.17, 15) is 9.59 Å². The van der Waals surface area contributed by atoms with Crippen LogP contribution in [0, 0.1) is 5.92 Å². The number of amides is 2. The predicted molar refractivity (Wildman–Crippen MR) is 143 cm³/mol. The lowest BCUT2D eigenvalue weighted by Gasteiger charge is -2.38. The molecule has 2 amide bonds. The van der Waals surface area contributed by atoms with E-state index >= 15 is 0 Å². The zero-order valence-corrected chi connectivity index (χ0v) is 21.7. The van der Waals surface area contributed by atoms with Crippen molar-refractivity contribution in [3.8, 4) is 5.75 Å². The summed E-state index contributed by atoms with van der Waals surface area (Å²) in [5, 5.41) is 6.17. The van der Waals surface area contributed by atoms with Gasteiger partial charge < -0.3 is 30.1 Å². The Morgan fingerprint density at radius 3 is 2.70 bits per heavy atom. The lowest BCUT2D eigenvalue weighted by Crippen LogP contribution is -2.43. The Morgan fingerprint density at radius 2 is 2.03 bits per heavy atom. The normalized spacial score (nSPS) is 19.6. The molecule has 0 saturated heterocycles. The zero-order chi connectivity index (χ0) is 26.1. The molecule has 0 radical (unpaired) electrons. The molecule has 1 aromatic heterocycles. The molecule has 2 aromatic rings. The van der Waals surface area contributed by atoms with Crippen LogP contribution in [0.3, 0.4) is 0 Å². The van der Waals surface area contributed by atoms with E-state index < -0.39 is 0 Å². The fraction of sp³-hybridized carbons (Fsp3) is 0.407.